The Morgan fingerprint density at radius 2 is 2.06 bits per heavy atom. The topological polar surface area (TPSA) is 46.5 Å². The van der Waals surface area contributed by atoms with Crippen molar-refractivity contribution in [2.75, 3.05) is 0 Å². The van der Waals surface area contributed by atoms with Crippen LogP contribution in [0.1, 0.15) is 38.5 Å². The highest BCUT2D eigenvalue weighted by atomic mass is 16.5. The quantitative estimate of drug-likeness (QED) is 0.773. The van der Waals surface area contributed by atoms with Gasteiger partial charge in [-0.2, -0.15) is 0 Å². The molecule has 2 atom stereocenters. The van der Waals surface area contributed by atoms with E-state index in [0.717, 1.165) is 55.4 Å². The maximum Gasteiger partial charge on any atom is 0.194 e. The summed E-state index contributed by atoms with van der Waals surface area (Å²) in [5.74, 6) is 0.697. The highest BCUT2D eigenvalue weighted by Crippen LogP contribution is 2.35. The highest BCUT2D eigenvalue weighted by Gasteiger charge is 2.39. The first-order valence-electron chi connectivity index (χ1n) is 6.75. The van der Waals surface area contributed by atoms with Crippen LogP contribution in [0, 0.1) is 0 Å². The summed E-state index contributed by atoms with van der Waals surface area (Å²) in [7, 11) is 0. The van der Waals surface area contributed by atoms with E-state index < -0.39 is 12.2 Å². The van der Waals surface area contributed by atoms with Crippen molar-refractivity contribution in [3.63, 3.8) is 0 Å². The second-order valence-electron chi connectivity index (χ2n) is 5.14. The number of carbonyl (C=O) groups excluding carboxylic acids is 1. The minimum absolute atomic E-state index is 0.124. The predicted octanol–water partition coefficient (Wildman–Crippen LogP) is 2.42. The molecule has 0 aromatic rings. The van der Waals surface area contributed by atoms with Gasteiger partial charge in [0.25, 0.3) is 0 Å². The van der Waals surface area contributed by atoms with Crippen molar-refractivity contribution >= 4 is 5.78 Å². The average Bonchev–Trinajstić information content (AvgIpc) is 2.44. The first-order chi connectivity index (χ1) is 8.77. The molecule has 0 bridgehead atoms. The first kappa shape index (κ1) is 11.7. The number of ether oxygens (including phenoxy) is 1. The molecule has 0 saturated heterocycles. The number of aliphatic hydroxyl groups is 1. The summed E-state index contributed by atoms with van der Waals surface area (Å²) in [6, 6.07) is 0. The second-order valence-corrected chi connectivity index (χ2v) is 5.14. The van der Waals surface area contributed by atoms with E-state index in [2.05, 4.69) is 12.2 Å². The second kappa shape index (κ2) is 4.73. The summed E-state index contributed by atoms with van der Waals surface area (Å²) in [6.07, 6.45) is 10.2. The Kier molecular flexibility index (Phi) is 3.08. The molecule has 0 spiro atoms. The van der Waals surface area contributed by atoms with Crippen molar-refractivity contribution in [1.29, 1.82) is 0 Å². The summed E-state index contributed by atoms with van der Waals surface area (Å²) >= 11 is 0. The summed E-state index contributed by atoms with van der Waals surface area (Å²) in [5.41, 5.74) is 1.67. The number of Topliss-reactive ketones (excluding diaryl/α,β-unsaturated/α-hetero) is 1. The zero-order chi connectivity index (χ0) is 12.5. The number of ketones is 1. The molecule has 2 unspecified atom stereocenters. The molecule has 0 fully saturated rings. The average molecular weight is 246 g/mol. The van der Waals surface area contributed by atoms with E-state index in [4.69, 9.17) is 4.74 Å². The lowest BCUT2D eigenvalue weighted by molar-refractivity contribution is -0.132. The molecule has 0 saturated carbocycles. The third-order valence-corrected chi connectivity index (χ3v) is 3.89. The van der Waals surface area contributed by atoms with Gasteiger partial charge in [-0.3, -0.25) is 4.79 Å². The first-order valence-corrected chi connectivity index (χ1v) is 6.75. The molecule has 0 amide bonds. The van der Waals surface area contributed by atoms with Crippen molar-refractivity contribution in [1.82, 2.24) is 0 Å². The van der Waals surface area contributed by atoms with E-state index in [9.17, 15) is 9.90 Å². The zero-order valence-electron chi connectivity index (χ0n) is 10.4. The third-order valence-electron chi connectivity index (χ3n) is 3.89. The predicted molar refractivity (Wildman–Crippen MR) is 67.8 cm³/mol. The number of hydrogen-bond acceptors (Lipinski definition) is 3. The Morgan fingerprint density at radius 1 is 1.22 bits per heavy atom. The lowest BCUT2D eigenvalue weighted by Gasteiger charge is -2.34. The van der Waals surface area contributed by atoms with Crippen molar-refractivity contribution < 1.29 is 14.6 Å². The van der Waals surface area contributed by atoms with Crippen molar-refractivity contribution in [3.8, 4) is 0 Å². The van der Waals surface area contributed by atoms with E-state index in [1.54, 1.807) is 0 Å². The monoisotopic (exact) mass is 246 g/mol. The van der Waals surface area contributed by atoms with Crippen molar-refractivity contribution in [2.24, 2.45) is 0 Å². The third kappa shape index (κ3) is 1.93. The standard InChI is InChI=1S/C15H18O3/c16-13-11-8-4-5-9-12(11)18-15(14(13)17)10-6-2-1-3-7-10/h2,6-7,14-15,17H,1,3-5,8-9H2. The van der Waals surface area contributed by atoms with Crippen LogP contribution in [-0.2, 0) is 9.53 Å². The Labute approximate surface area is 107 Å². The van der Waals surface area contributed by atoms with Gasteiger partial charge in [-0.25, -0.2) is 0 Å². The molecule has 0 aromatic carbocycles. The molecule has 0 radical (unpaired) electrons. The molecule has 96 valence electrons. The SMILES string of the molecule is O=C1C2=C(CCCC2)OC(C2=CCCC=C2)C1O. The number of aliphatic hydroxyl groups excluding tert-OH is 1. The molecule has 3 rings (SSSR count). The van der Waals surface area contributed by atoms with Crippen molar-refractivity contribution in [3.05, 3.63) is 35.1 Å². The van der Waals surface area contributed by atoms with Crippen LogP contribution < -0.4 is 0 Å². The fraction of sp³-hybridized carbons (Fsp3) is 0.533. The lowest BCUT2D eigenvalue weighted by atomic mass is 9.86. The fourth-order valence-electron chi connectivity index (χ4n) is 2.90. The smallest absolute Gasteiger partial charge is 0.194 e. The van der Waals surface area contributed by atoms with Crippen molar-refractivity contribution in [2.45, 2.75) is 50.7 Å². The fourth-order valence-corrected chi connectivity index (χ4v) is 2.90. The molecule has 3 nitrogen and oxygen atoms in total. The molecule has 1 aliphatic heterocycles. The van der Waals surface area contributed by atoms with Gasteiger partial charge in [-0.05, 0) is 37.7 Å². The van der Waals surface area contributed by atoms with Gasteiger partial charge in [0.05, 0.1) is 0 Å². The molecule has 1 heterocycles. The van der Waals surface area contributed by atoms with Gasteiger partial charge in [-0.1, -0.05) is 18.2 Å². The lowest BCUT2D eigenvalue weighted by Crippen LogP contribution is -2.43. The van der Waals surface area contributed by atoms with E-state index in [1.807, 2.05) is 6.08 Å². The molecule has 18 heavy (non-hydrogen) atoms. The van der Waals surface area contributed by atoms with Gasteiger partial charge in [-0.15, -0.1) is 0 Å². The van der Waals surface area contributed by atoms with E-state index in [-0.39, 0.29) is 5.78 Å². The molecule has 3 aliphatic rings. The van der Waals surface area contributed by atoms with Gasteiger partial charge in [0.15, 0.2) is 18.0 Å². The van der Waals surface area contributed by atoms with Gasteiger partial charge in [0, 0.05) is 12.0 Å². The maximum atomic E-state index is 12.2. The molecule has 2 aliphatic carbocycles. The molecular weight excluding hydrogens is 228 g/mol. The van der Waals surface area contributed by atoms with Crippen LogP contribution in [-0.4, -0.2) is 23.1 Å². The van der Waals surface area contributed by atoms with Crippen LogP contribution in [0.3, 0.4) is 0 Å². The van der Waals surface area contributed by atoms with Crippen LogP contribution in [0.15, 0.2) is 35.1 Å². The van der Waals surface area contributed by atoms with Crippen LogP contribution in [0.25, 0.3) is 0 Å². The van der Waals surface area contributed by atoms with Gasteiger partial charge in [0.1, 0.15) is 5.76 Å². The summed E-state index contributed by atoms with van der Waals surface area (Å²) < 4.78 is 5.90. The molecule has 1 N–H and O–H groups in total. The number of allylic oxidation sites excluding steroid dienone is 3. The maximum absolute atomic E-state index is 12.2. The van der Waals surface area contributed by atoms with Gasteiger partial charge >= 0.3 is 0 Å². The number of hydrogen-bond donors (Lipinski definition) is 1. The van der Waals surface area contributed by atoms with Gasteiger partial charge in [0.2, 0.25) is 0 Å². The molecule has 0 aromatic heterocycles. The molecule has 3 heteroatoms. The van der Waals surface area contributed by atoms with E-state index in [1.165, 1.54) is 0 Å². The minimum atomic E-state index is -1.03. The van der Waals surface area contributed by atoms with Crippen LogP contribution in [0.2, 0.25) is 0 Å². The molecular formula is C15H18O3. The highest BCUT2D eigenvalue weighted by molar-refractivity contribution is 6.00. The Bertz CT molecular complexity index is 456. The van der Waals surface area contributed by atoms with E-state index in [0.29, 0.717) is 0 Å². The number of rotatable bonds is 1. The summed E-state index contributed by atoms with van der Waals surface area (Å²) in [5, 5.41) is 10.1. The zero-order valence-corrected chi connectivity index (χ0v) is 10.4. The van der Waals surface area contributed by atoms with Gasteiger partial charge < -0.3 is 9.84 Å². The Hall–Kier alpha value is -1.35. The van der Waals surface area contributed by atoms with Crippen LogP contribution in [0.5, 0.6) is 0 Å². The number of carbonyl (C=O) groups is 1. The normalized spacial score (nSPS) is 31.8. The summed E-state index contributed by atoms with van der Waals surface area (Å²) in [4.78, 5) is 12.2. The van der Waals surface area contributed by atoms with Crippen LogP contribution >= 0.6 is 0 Å². The Morgan fingerprint density at radius 3 is 2.83 bits per heavy atom. The van der Waals surface area contributed by atoms with Crippen LogP contribution in [0.4, 0.5) is 0 Å². The van der Waals surface area contributed by atoms with E-state index >= 15 is 0 Å². The largest absolute Gasteiger partial charge is 0.486 e. The summed E-state index contributed by atoms with van der Waals surface area (Å²) in [6.45, 7) is 0. The Balaban J connectivity index is 1.90. The minimum Gasteiger partial charge on any atom is -0.486 e.